The van der Waals surface area contributed by atoms with Gasteiger partial charge < -0.3 is 14.5 Å². The van der Waals surface area contributed by atoms with Gasteiger partial charge in [-0.05, 0) is 25.3 Å². The number of likely N-dealkylation sites (tertiary alicyclic amines) is 1. The van der Waals surface area contributed by atoms with Crippen LogP contribution in [0.1, 0.15) is 36.0 Å². The molecule has 2 heterocycles. The second-order valence-electron chi connectivity index (χ2n) is 6.70. The molecule has 0 unspecified atom stereocenters. The molecule has 134 valence electrons. The average Bonchev–Trinajstić information content (AvgIpc) is 3.06. The number of rotatable bonds is 5. The summed E-state index contributed by atoms with van der Waals surface area (Å²) in [5.41, 5.74) is 1.53. The van der Waals surface area contributed by atoms with Crippen molar-refractivity contribution in [2.45, 2.75) is 38.5 Å². The molecule has 1 amide bonds. The number of aliphatic hydroxyl groups excluding tert-OH is 1. The Bertz CT molecular complexity index is 693. The number of aryl methyl sites for hydroxylation is 1. The van der Waals surface area contributed by atoms with Crippen LogP contribution in [0.2, 0.25) is 0 Å². The van der Waals surface area contributed by atoms with Crippen LogP contribution in [0.5, 0.6) is 0 Å². The van der Waals surface area contributed by atoms with Crippen LogP contribution in [0, 0.1) is 6.92 Å². The molecule has 1 N–H and O–H groups in total. The summed E-state index contributed by atoms with van der Waals surface area (Å²) in [6.07, 6.45) is 0.676. The lowest BCUT2D eigenvalue weighted by Crippen LogP contribution is -2.46. The normalized spacial score (nSPS) is 17.4. The summed E-state index contributed by atoms with van der Waals surface area (Å²) in [4.78, 5) is 16.6. The monoisotopic (exact) mass is 343 g/mol. The Hall–Kier alpha value is -2.18. The Labute approximate surface area is 148 Å². The molecule has 1 aliphatic rings. The molecule has 0 bridgehead atoms. The van der Waals surface area contributed by atoms with Gasteiger partial charge in [-0.15, -0.1) is 0 Å². The quantitative estimate of drug-likeness (QED) is 0.901. The molecule has 1 saturated heterocycles. The van der Waals surface area contributed by atoms with Crippen molar-refractivity contribution >= 4 is 5.91 Å². The first-order valence-corrected chi connectivity index (χ1v) is 8.69. The van der Waals surface area contributed by atoms with E-state index in [2.05, 4.69) is 10.1 Å². The number of carbonyl (C=O) groups is 1. The number of aromatic nitrogens is 1. The third-order valence-corrected chi connectivity index (χ3v) is 4.86. The van der Waals surface area contributed by atoms with Gasteiger partial charge in [0.15, 0.2) is 11.9 Å². The zero-order valence-electron chi connectivity index (χ0n) is 14.8. The predicted octanol–water partition coefficient (Wildman–Crippen LogP) is 2.14. The second kappa shape index (κ2) is 7.80. The maximum absolute atomic E-state index is 12.6. The molecule has 2 aromatic rings. The van der Waals surface area contributed by atoms with Crippen LogP contribution in [-0.4, -0.2) is 52.1 Å². The molecule has 1 fully saturated rings. The van der Waals surface area contributed by atoms with Gasteiger partial charge in [0.2, 0.25) is 0 Å². The summed E-state index contributed by atoms with van der Waals surface area (Å²) in [7, 11) is 1.79. The van der Waals surface area contributed by atoms with Gasteiger partial charge in [0.05, 0.1) is 12.2 Å². The van der Waals surface area contributed by atoms with Gasteiger partial charge in [-0.25, -0.2) is 0 Å². The van der Waals surface area contributed by atoms with E-state index in [1.165, 1.54) is 0 Å². The molecule has 0 saturated carbocycles. The van der Waals surface area contributed by atoms with Crippen molar-refractivity contribution in [1.82, 2.24) is 15.0 Å². The molecule has 1 atom stereocenters. The summed E-state index contributed by atoms with van der Waals surface area (Å²) < 4.78 is 5.27. The Morgan fingerprint density at radius 2 is 2.04 bits per heavy atom. The number of aliphatic hydroxyl groups is 1. The largest absolute Gasteiger partial charge is 0.378 e. The number of piperidine rings is 1. The van der Waals surface area contributed by atoms with Crippen LogP contribution in [0.15, 0.2) is 40.9 Å². The molecule has 6 nitrogen and oxygen atoms in total. The molecule has 0 spiro atoms. The third kappa shape index (κ3) is 4.27. The highest BCUT2D eigenvalue weighted by Gasteiger charge is 2.29. The molecule has 0 radical (unpaired) electrons. The fraction of sp³-hybridized carbons (Fsp3) is 0.474. The first-order chi connectivity index (χ1) is 12.0. The summed E-state index contributed by atoms with van der Waals surface area (Å²) in [6, 6.07) is 11.2. The molecule has 1 aromatic carbocycles. The highest BCUT2D eigenvalue weighted by atomic mass is 16.5. The van der Waals surface area contributed by atoms with Crippen molar-refractivity contribution in [3.05, 3.63) is 53.4 Å². The maximum atomic E-state index is 12.6. The van der Waals surface area contributed by atoms with Gasteiger partial charge in [-0.1, -0.05) is 35.5 Å². The van der Waals surface area contributed by atoms with Crippen molar-refractivity contribution < 1.29 is 14.4 Å². The van der Waals surface area contributed by atoms with Gasteiger partial charge in [-0.2, -0.15) is 0 Å². The van der Waals surface area contributed by atoms with Crippen LogP contribution in [0.25, 0.3) is 0 Å². The van der Waals surface area contributed by atoms with E-state index in [4.69, 9.17) is 4.52 Å². The van der Waals surface area contributed by atoms with Crippen molar-refractivity contribution in [1.29, 1.82) is 0 Å². The molecule has 3 rings (SSSR count). The van der Waals surface area contributed by atoms with Crippen LogP contribution < -0.4 is 0 Å². The van der Waals surface area contributed by atoms with Crippen LogP contribution in [0.4, 0.5) is 0 Å². The Morgan fingerprint density at radius 3 is 2.64 bits per heavy atom. The van der Waals surface area contributed by atoms with Gasteiger partial charge >= 0.3 is 0 Å². The minimum atomic E-state index is -1.10. The molecule has 6 heteroatoms. The summed E-state index contributed by atoms with van der Waals surface area (Å²) in [5, 5.41) is 14.2. The number of hydrogen-bond donors (Lipinski definition) is 1. The molecule has 0 aliphatic carbocycles. The second-order valence-corrected chi connectivity index (χ2v) is 6.70. The number of hydrogen-bond acceptors (Lipinski definition) is 5. The third-order valence-electron chi connectivity index (χ3n) is 4.86. The lowest BCUT2D eigenvalue weighted by molar-refractivity contribution is -0.142. The first kappa shape index (κ1) is 17.6. The van der Waals surface area contributed by atoms with Gasteiger partial charge in [-0.3, -0.25) is 9.69 Å². The summed E-state index contributed by atoms with van der Waals surface area (Å²) in [6.45, 7) is 4.45. The average molecular weight is 343 g/mol. The van der Waals surface area contributed by atoms with Gasteiger partial charge in [0, 0.05) is 32.2 Å². The highest BCUT2D eigenvalue weighted by Crippen LogP contribution is 2.22. The standard InChI is InChI=1S/C19H25N3O3/c1-14-12-17(25-20-14)13-22-10-8-16(9-11-22)21(2)19(24)18(23)15-6-4-3-5-7-15/h3-7,12,16,18,23H,8-11,13H2,1-2H3/t18-/m0/s1. The van der Waals surface area contributed by atoms with Crippen molar-refractivity contribution in [3.8, 4) is 0 Å². The predicted molar refractivity (Wildman–Crippen MR) is 93.7 cm³/mol. The van der Waals surface area contributed by atoms with E-state index in [0.29, 0.717) is 5.56 Å². The maximum Gasteiger partial charge on any atom is 0.256 e. The zero-order valence-corrected chi connectivity index (χ0v) is 14.8. The van der Waals surface area contributed by atoms with Crippen LogP contribution in [-0.2, 0) is 11.3 Å². The fourth-order valence-electron chi connectivity index (χ4n) is 3.33. The van der Waals surface area contributed by atoms with E-state index in [9.17, 15) is 9.90 Å². The first-order valence-electron chi connectivity index (χ1n) is 8.69. The van der Waals surface area contributed by atoms with Crippen molar-refractivity contribution in [2.75, 3.05) is 20.1 Å². The molecule has 1 aromatic heterocycles. The van der Waals surface area contributed by atoms with Crippen LogP contribution >= 0.6 is 0 Å². The van der Waals surface area contributed by atoms with E-state index >= 15 is 0 Å². The minimum Gasteiger partial charge on any atom is -0.378 e. The number of benzene rings is 1. The Morgan fingerprint density at radius 1 is 1.36 bits per heavy atom. The lowest BCUT2D eigenvalue weighted by atomic mass is 10.0. The topological polar surface area (TPSA) is 69.8 Å². The number of nitrogens with zero attached hydrogens (tertiary/aromatic N) is 3. The van der Waals surface area contributed by atoms with Gasteiger partial charge in [0.25, 0.3) is 5.91 Å². The minimum absolute atomic E-state index is 0.151. The van der Waals surface area contributed by atoms with E-state index in [1.807, 2.05) is 31.2 Å². The SMILES string of the molecule is Cc1cc(CN2CCC(N(C)C(=O)[C@@H](O)c3ccccc3)CC2)on1. The molecule has 25 heavy (non-hydrogen) atoms. The molecular formula is C19H25N3O3. The number of likely N-dealkylation sites (N-methyl/N-ethyl adjacent to an activating group) is 1. The van der Waals surface area contributed by atoms with E-state index in [-0.39, 0.29) is 11.9 Å². The molecular weight excluding hydrogens is 318 g/mol. The fourth-order valence-corrected chi connectivity index (χ4v) is 3.33. The smallest absolute Gasteiger partial charge is 0.256 e. The van der Waals surface area contributed by atoms with Gasteiger partial charge in [0.1, 0.15) is 0 Å². The van der Waals surface area contributed by atoms with Crippen molar-refractivity contribution in [2.24, 2.45) is 0 Å². The highest BCUT2D eigenvalue weighted by molar-refractivity contribution is 5.82. The number of carbonyl (C=O) groups excluding carboxylic acids is 1. The zero-order chi connectivity index (χ0) is 17.8. The summed E-state index contributed by atoms with van der Waals surface area (Å²) in [5.74, 6) is 0.635. The Kier molecular flexibility index (Phi) is 5.50. The Balaban J connectivity index is 1.52. The van der Waals surface area contributed by atoms with E-state index in [0.717, 1.165) is 43.9 Å². The van der Waals surface area contributed by atoms with Crippen LogP contribution in [0.3, 0.4) is 0 Å². The number of amides is 1. The van der Waals surface area contributed by atoms with E-state index in [1.54, 1.807) is 24.1 Å². The molecule has 1 aliphatic heterocycles. The summed E-state index contributed by atoms with van der Waals surface area (Å²) >= 11 is 0. The lowest BCUT2D eigenvalue weighted by Gasteiger charge is -2.37. The van der Waals surface area contributed by atoms with E-state index < -0.39 is 6.10 Å². The van der Waals surface area contributed by atoms with Crippen molar-refractivity contribution in [3.63, 3.8) is 0 Å².